The zero-order valence-corrected chi connectivity index (χ0v) is 19.8. The third-order valence-electron chi connectivity index (χ3n) is 6.24. The molecule has 1 unspecified atom stereocenters. The second-order valence-corrected chi connectivity index (χ2v) is 10.8. The summed E-state index contributed by atoms with van der Waals surface area (Å²) in [7, 11) is -2.26. The first kappa shape index (κ1) is 24.0. The van der Waals surface area contributed by atoms with Gasteiger partial charge in [-0.25, -0.2) is 8.42 Å². The van der Waals surface area contributed by atoms with Crippen molar-refractivity contribution in [2.24, 2.45) is 5.92 Å². The number of likely N-dealkylation sites (tertiary alicyclic amines) is 1. The molecule has 1 aromatic carbocycles. The number of ether oxygens (including phenoxy) is 1. The van der Waals surface area contributed by atoms with Gasteiger partial charge >= 0.3 is 0 Å². The highest BCUT2D eigenvalue weighted by Gasteiger charge is 2.29. The zero-order valence-electron chi connectivity index (χ0n) is 18.9. The van der Waals surface area contributed by atoms with Gasteiger partial charge in [-0.1, -0.05) is 26.2 Å². The summed E-state index contributed by atoms with van der Waals surface area (Å²) in [4.78, 5) is 15.3. The van der Waals surface area contributed by atoms with Gasteiger partial charge in [-0.15, -0.1) is 0 Å². The van der Waals surface area contributed by atoms with E-state index < -0.39 is 10.0 Å². The summed E-state index contributed by atoms with van der Waals surface area (Å²) < 4.78 is 33.4. The molecule has 1 amide bonds. The number of nitrogens with one attached hydrogen (secondary N) is 1. The summed E-state index contributed by atoms with van der Waals surface area (Å²) in [5.74, 6) is 0.361. The molecule has 31 heavy (non-hydrogen) atoms. The quantitative estimate of drug-likeness (QED) is 0.657. The molecule has 0 bridgehead atoms. The van der Waals surface area contributed by atoms with Crippen LogP contribution >= 0.6 is 0 Å². The van der Waals surface area contributed by atoms with Crippen LogP contribution in [0.1, 0.15) is 62.2 Å². The van der Waals surface area contributed by atoms with Crippen molar-refractivity contribution in [3.63, 3.8) is 0 Å². The molecule has 1 atom stereocenters. The van der Waals surface area contributed by atoms with Crippen LogP contribution in [0.4, 0.5) is 0 Å². The Kier molecular flexibility index (Phi) is 8.75. The number of carbonyl (C=O) groups is 1. The Labute approximate surface area is 187 Å². The van der Waals surface area contributed by atoms with Gasteiger partial charge in [-0.05, 0) is 62.9 Å². The number of benzene rings is 1. The lowest BCUT2D eigenvalue weighted by atomic mass is 10.1. The molecule has 2 aliphatic heterocycles. The minimum Gasteiger partial charge on any atom is -0.495 e. The maximum absolute atomic E-state index is 13.3. The molecular weight excluding hydrogens is 414 g/mol. The number of hydrogen-bond acceptors (Lipinski definition) is 5. The molecule has 1 N–H and O–H groups in total. The third-order valence-corrected chi connectivity index (χ3v) is 8.16. The fourth-order valence-electron chi connectivity index (χ4n) is 4.46. The van der Waals surface area contributed by atoms with Crippen molar-refractivity contribution in [2.45, 2.75) is 56.8 Å². The largest absolute Gasteiger partial charge is 0.495 e. The van der Waals surface area contributed by atoms with Crippen LogP contribution in [0.3, 0.4) is 0 Å². The van der Waals surface area contributed by atoms with Crippen LogP contribution in [-0.2, 0) is 10.0 Å². The van der Waals surface area contributed by atoms with Crippen LogP contribution in [0.5, 0.6) is 5.75 Å². The van der Waals surface area contributed by atoms with Crippen molar-refractivity contribution in [1.29, 1.82) is 0 Å². The molecule has 1 aromatic rings. The molecular formula is C23H37N3O4S. The van der Waals surface area contributed by atoms with E-state index in [0.29, 0.717) is 31.1 Å². The second kappa shape index (κ2) is 11.3. The summed E-state index contributed by atoms with van der Waals surface area (Å²) in [5.41, 5.74) is 0.347. The molecule has 0 spiro atoms. The average Bonchev–Trinajstić information content (AvgIpc) is 3.08. The highest BCUT2D eigenvalue weighted by Crippen LogP contribution is 2.29. The number of nitrogens with zero attached hydrogens (tertiary/aromatic N) is 2. The highest BCUT2D eigenvalue weighted by atomic mass is 32.2. The molecule has 2 fully saturated rings. The monoisotopic (exact) mass is 451 g/mol. The molecule has 2 aliphatic rings. The Hall–Kier alpha value is -1.64. The Balaban J connectivity index is 1.68. The summed E-state index contributed by atoms with van der Waals surface area (Å²) in [5, 5.41) is 2.98. The fraction of sp³-hybridized carbons (Fsp3) is 0.696. The molecule has 0 radical (unpaired) electrons. The van der Waals surface area contributed by atoms with Crippen molar-refractivity contribution < 1.29 is 17.9 Å². The van der Waals surface area contributed by atoms with Crippen LogP contribution in [0, 0.1) is 5.92 Å². The average molecular weight is 452 g/mol. The molecule has 3 rings (SSSR count). The van der Waals surface area contributed by atoms with E-state index in [0.717, 1.165) is 45.3 Å². The Morgan fingerprint density at radius 3 is 2.29 bits per heavy atom. The van der Waals surface area contributed by atoms with Gasteiger partial charge in [0.25, 0.3) is 5.91 Å². The first-order valence-electron chi connectivity index (χ1n) is 11.6. The van der Waals surface area contributed by atoms with E-state index in [9.17, 15) is 13.2 Å². The molecule has 7 nitrogen and oxygen atoms in total. The summed E-state index contributed by atoms with van der Waals surface area (Å²) in [6.45, 7) is 6.96. The number of piperidine rings is 1. The third kappa shape index (κ3) is 6.43. The van der Waals surface area contributed by atoms with Crippen LogP contribution in [0.2, 0.25) is 0 Å². The normalized spacial score (nSPS) is 20.1. The number of carbonyl (C=O) groups excluding carboxylic acids is 1. The van der Waals surface area contributed by atoms with Crippen molar-refractivity contribution in [3.05, 3.63) is 23.8 Å². The van der Waals surface area contributed by atoms with Gasteiger partial charge in [0.15, 0.2) is 0 Å². The molecule has 174 valence electrons. The van der Waals surface area contributed by atoms with Gasteiger partial charge in [-0.3, -0.25) is 4.79 Å². The summed E-state index contributed by atoms with van der Waals surface area (Å²) >= 11 is 0. The van der Waals surface area contributed by atoms with Gasteiger partial charge in [0.1, 0.15) is 10.6 Å². The lowest BCUT2D eigenvalue weighted by molar-refractivity contribution is 0.0942. The SMILES string of the molecule is COc1ccc(C(=O)NCC(C)CN2CCCCC2)cc1S(=O)(=O)N1CCCCCC1. The Morgan fingerprint density at radius 2 is 1.65 bits per heavy atom. The first-order valence-corrected chi connectivity index (χ1v) is 13.0. The summed E-state index contributed by atoms with van der Waals surface area (Å²) in [6, 6.07) is 4.67. The zero-order chi connectivity index (χ0) is 22.3. The van der Waals surface area contributed by atoms with Gasteiger partial charge in [0.2, 0.25) is 10.0 Å². The number of methoxy groups -OCH3 is 1. The van der Waals surface area contributed by atoms with E-state index in [1.54, 1.807) is 12.1 Å². The Bertz CT molecular complexity index is 829. The van der Waals surface area contributed by atoms with Crippen molar-refractivity contribution in [3.8, 4) is 5.75 Å². The number of rotatable bonds is 8. The molecule has 8 heteroatoms. The van der Waals surface area contributed by atoms with E-state index in [1.807, 2.05) is 0 Å². The maximum Gasteiger partial charge on any atom is 0.251 e. The summed E-state index contributed by atoms with van der Waals surface area (Å²) in [6.07, 6.45) is 7.61. The molecule has 2 heterocycles. The van der Waals surface area contributed by atoms with E-state index >= 15 is 0 Å². The molecule has 2 saturated heterocycles. The van der Waals surface area contributed by atoms with Gasteiger partial charge in [-0.2, -0.15) is 4.31 Å². The van der Waals surface area contributed by atoms with E-state index in [-0.39, 0.29) is 16.6 Å². The van der Waals surface area contributed by atoms with Crippen LogP contribution in [-0.4, -0.2) is 69.9 Å². The van der Waals surface area contributed by atoms with Crippen LogP contribution in [0.15, 0.2) is 23.1 Å². The van der Waals surface area contributed by atoms with Gasteiger partial charge in [0.05, 0.1) is 7.11 Å². The predicted molar refractivity (Wildman–Crippen MR) is 122 cm³/mol. The van der Waals surface area contributed by atoms with Gasteiger partial charge in [0, 0.05) is 31.7 Å². The number of hydrogen-bond donors (Lipinski definition) is 1. The molecule has 0 saturated carbocycles. The minimum absolute atomic E-state index is 0.0749. The van der Waals surface area contributed by atoms with E-state index in [4.69, 9.17) is 4.74 Å². The highest BCUT2D eigenvalue weighted by molar-refractivity contribution is 7.89. The number of amides is 1. The van der Waals surface area contributed by atoms with E-state index in [1.165, 1.54) is 36.7 Å². The predicted octanol–water partition coefficient (Wildman–Crippen LogP) is 3.11. The topological polar surface area (TPSA) is 79.0 Å². The lowest BCUT2D eigenvalue weighted by Crippen LogP contribution is -2.38. The van der Waals surface area contributed by atoms with E-state index in [2.05, 4.69) is 17.1 Å². The standard InChI is InChI=1S/C23H37N3O4S/c1-19(18-25-12-6-5-7-13-25)17-24-23(27)20-10-11-21(30-2)22(16-20)31(28,29)26-14-8-3-4-9-15-26/h10-11,16,19H,3-9,12-15,17-18H2,1-2H3,(H,24,27). The lowest BCUT2D eigenvalue weighted by Gasteiger charge is -2.29. The van der Waals surface area contributed by atoms with Gasteiger partial charge < -0.3 is 15.0 Å². The van der Waals surface area contributed by atoms with Crippen LogP contribution in [0.25, 0.3) is 0 Å². The van der Waals surface area contributed by atoms with Crippen LogP contribution < -0.4 is 10.1 Å². The maximum atomic E-state index is 13.3. The smallest absolute Gasteiger partial charge is 0.251 e. The van der Waals surface area contributed by atoms with Crippen molar-refractivity contribution in [1.82, 2.24) is 14.5 Å². The minimum atomic E-state index is -3.71. The Morgan fingerprint density at radius 1 is 1.03 bits per heavy atom. The molecule has 0 aromatic heterocycles. The first-order chi connectivity index (χ1) is 14.9. The second-order valence-electron chi connectivity index (χ2n) is 8.86. The van der Waals surface area contributed by atoms with Crippen molar-refractivity contribution >= 4 is 15.9 Å². The molecule has 0 aliphatic carbocycles. The fourth-order valence-corrected chi connectivity index (χ4v) is 6.16. The number of sulfonamides is 1. The van der Waals surface area contributed by atoms with Crippen molar-refractivity contribution in [2.75, 3.05) is 46.4 Å².